The minimum atomic E-state index is -0.379. The van der Waals surface area contributed by atoms with Gasteiger partial charge in [-0.2, -0.15) is 0 Å². The van der Waals surface area contributed by atoms with Crippen LogP contribution in [0.3, 0.4) is 0 Å². The van der Waals surface area contributed by atoms with E-state index in [-0.39, 0.29) is 23.9 Å². The number of rotatable bonds is 4. The number of hydrogen-bond acceptors (Lipinski definition) is 4. The molecule has 1 atom stereocenters. The predicted octanol–water partition coefficient (Wildman–Crippen LogP) is 2.06. The molecular weight excluding hydrogens is 288 g/mol. The lowest BCUT2D eigenvalue weighted by atomic mass is 10.2. The summed E-state index contributed by atoms with van der Waals surface area (Å²) < 4.78 is 5.15. The quantitative estimate of drug-likeness (QED) is 0.799. The molecule has 1 unspecified atom stereocenters. The highest BCUT2D eigenvalue weighted by molar-refractivity contribution is 7.99. The summed E-state index contributed by atoms with van der Waals surface area (Å²) in [4.78, 5) is 28.0. The number of nitrogens with zero attached hydrogens (tertiary/aromatic N) is 2. The van der Waals surface area contributed by atoms with Crippen LogP contribution in [-0.2, 0) is 9.59 Å². The van der Waals surface area contributed by atoms with Crippen molar-refractivity contribution in [1.29, 1.82) is 0 Å². The molecule has 5 nitrogen and oxygen atoms in total. The van der Waals surface area contributed by atoms with Crippen LogP contribution in [0, 0.1) is 0 Å². The maximum absolute atomic E-state index is 12.4. The van der Waals surface area contributed by atoms with E-state index in [1.165, 1.54) is 6.08 Å². The van der Waals surface area contributed by atoms with Gasteiger partial charge in [-0.1, -0.05) is 0 Å². The van der Waals surface area contributed by atoms with E-state index >= 15 is 0 Å². The van der Waals surface area contributed by atoms with Gasteiger partial charge in [0.2, 0.25) is 11.8 Å². The highest BCUT2D eigenvalue weighted by Gasteiger charge is 2.35. The second kappa shape index (κ2) is 6.85. The highest BCUT2D eigenvalue weighted by atomic mass is 32.2. The van der Waals surface area contributed by atoms with Crippen molar-refractivity contribution in [3.05, 3.63) is 30.2 Å². The van der Waals surface area contributed by atoms with Gasteiger partial charge in [0.15, 0.2) is 0 Å². The van der Waals surface area contributed by atoms with Gasteiger partial charge in [-0.3, -0.25) is 9.59 Å². The molecule has 1 aromatic heterocycles. The average Bonchev–Trinajstić information content (AvgIpc) is 3.13. The smallest absolute Gasteiger partial charge is 0.248 e. The van der Waals surface area contributed by atoms with Crippen LogP contribution in [0.2, 0.25) is 0 Å². The standard InChI is InChI=1S/C15H20N2O3S/c1-11(2)16(3)15(19)13-9-21-10-17(13)14(18)7-6-12-5-4-8-20-12/h4-8,11,13H,9-10H2,1-3H3. The molecule has 2 heterocycles. The van der Waals surface area contributed by atoms with Gasteiger partial charge >= 0.3 is 0 Å². The Morgan fingerprint density at radius 1 is 1.52 bits per heavy atom. The lowest BCUT2D eigenvalue weighted by Crippen LogP contribution is -2.49. The van der Waals surface area contributed by atoms with E-state index in [0.29, 0.717) is 17.4 Å². The van der Waals surface area contributed by atoms with Gasteiger partial charge in [0.25, 0.3) is 0 Å². The molecule has 1 fully saturated rings. The summed E-state index contributed by atoms with van der Waals surface area (Å²) in [6, 6.07) is 3.28. The second-order valence-electron chi connectivity index (χ2n) is 5.22. The molecule has 1 saturated heterocycles. The average molecular weight is 308 g/mol. The molecule has 6 heteroatoms. The van der Waals surface area contributed by atoms with E-state index in [0.717, 1.165) is 0 Å². The third-order valence-electron chi connectivity index (χ3n) is 3.51. The topological polar surface area (TPSA) is 53.8 Å². The zero-order valence-electron chi connectivity index (χ0n) is 12.5. The molecule has 21 heavy (non-hydrogen) atoms. The van der Waals surface area contributed by atoms with Crippen LogP contribution < -0.4 is 0 Å². The second-order valence-corrected chi connectivity index (χ2v) is 6.22. The molecule has 1 aromatic rings. The number of likely N-dealkylation sites (N-methyl/N-ethyl adjacent to an activating group) is 1. The van der Waals surface area contributed by atoms with Gasteiger partial charge in [0, 0.05) is 24.9 Å². The first-order valence-corrected chi connectivity index (χ1v) is 8.02. The Morgan fingerprint density at radius 2 is 2.29 bits per heavy atom. The molecular formula is C15H20N2O3S. The Bertz CT molecular complexity index is 525. The van der Waals surface area contributed by atoms with Crippen LogP contribution in [0.15, 0.2) is 28.9 Å². The SMILES string of the molecule is CC(C)N(C)C(=O)C1CSCN1C(=O)C=Cc1ccco1. The fourth-order valence-electron chi connectivity index (χ4n) is 1.99. The van der Waals surface area contributed by atoms with Crippen molar-refractivity contribution in [2.45, 2.75) is 25.9 Å². The molecule has 2 amide bonds. The fraction of sp³-hybridized carbons (Fsp3) is 0.467. The normalized spacial score (nSPS) is 18.7. The van der Waals surface area contributed by atoms with Crippen molar-refractivity contribution in [3.8, 4) is 0 Å². The Morgan fingerprint density at radius 3 is 2.90 bits per heavy atom. The van der Waals surface area contributed by atoms with Crippen molar-refractivity contribution in [3.63, 3.8) is 0 Å². The first-order chi connectivity index (χ1) is 10.0. The fourth-order valence-corrected chi connectivity index (χ4v) is 3.14. The predicted molar refractivity (Wildman–Crippen MR) is 83.6 cm³/mol. The minimum absolute atomic E-state index is 0.00486. The minimum Gasteiger partial charge on any atom is -0.465 e. The van der Waals surface area contributed by atoms with E-state index in [4.69, 9.17) is 4.42 Å². The molecule has 2 rings (SSSR count). The number of hydrogen-bond donors (Lipinski definition) is 0. The molecule has 114 valence electrons. The van der Waals surface area contributed by atoms with E-state index in [1.54, 1.807) is 53.1 Å². The lowest BCUT2D eigenvalue weighted by molar-refractivity contribution is -0.141. The van der Waals surface area contributed by atoms with Crippen LogP contribution >= 0.6 is 11.8 Å². The molecule has 1 aliphatic heterocycles. The van der Waals surface area contributed by atoms with Gasteiger partial charge in [-0.25, -0.2) is 0 Å². The molecule has 1 aliphatic rings. The maximum Gasteiger partial charge on any atom is 0.248 e. The van der Waals surface area contributed by atoms with Gasteiger partial charge in [0.05, 0.1) is 12.1 Å². The molecule has 0 bridgehead atoms. The molecule has 0 spiro atoms. The van der Waals surface area contributed by atoms with Gasteiger partial charge < -0.3 is 14.2 Å². The van der Waals surface area contributed by atoms with Crippen molar-refractivity contribution in [1.82, 2.24) is 9.80 Å². The van der Waals surface area contributed by atoms with Crippen molar-refractivity contribution in [2.24, 2.45) is 0 Å². The van der Waals surface area contributed by atoms with Crippen molar-refractivity contribution in [2.75, 3.05) is 18.7 Å². The highest BCUT2D eigenvalue weighted by Crippen LogP contribution is 2.23. The zero-order chi connectivity index (χ0) is 15.4. The van der Waals surface area contributed by atoms with E-state index < -0.39 is 0 Å². The van der Waals surface area contributed by atoms with Crippen LogP contribution in [0.4, 0.5) is 0 Å². The lowest BCUT2D eigenvalue weighted by Gasteiger charge is -2.29. The molecule has 0 saturated carbocycles. The van der Waals surface area contributed by atoms with Crippen LogP contribution in [0.1, 0.15) is 19.6 Å². The van der Waals surface area contributed by atoms with Crippen LogP contribution in [-0.4, -0.2) is 52.4 Å². The van der Waals surface area contributed by atoms with Gasteiger partial charge in [-0.05, 0) is 32.1 Å². The molecule has 0 radical (unpaired) electrons. The number of carbonyl (C=O) groups excluding carboxylic acids is 2. The number of carbonyl (C=O) groups is 2. The summed E-state index contributed by atoms with van der Waals surface area (Å²) >= 11 is 1.60. The summed E-state index contributed by atoms with van der Waals surface area (Å²) in [7, 11) is 1.78. The van der Waals surface area contributed by atoms with Crippen molar-refractivity contribution >= 4 is 29.7 Å². The van der Waals surface area contributed by atoms with E-state index in [2.05, 4.69) is 0 Å². The summed E-state index contributed by atoms with van der Waals surface area (Å²) in [5.74, 6) is 1.65. The van der Waals surface area contributed by atoms with Gasteiger partial charge in [0.1, 0.15) is 11.8 Å². The summed E-state index contributed by atoms with van der Waals surface area (Å²) in [6.45, 7) is 3.92. The Balaban J connectivity index is 2.04. The Labute approximate surface area is 129 Å². The molecule has 0 aliphatic carbocycles. The third-order valence-corrected chi connectivity index (χ3v) is 4.52. The van der Waals surface area contributed by atoms with Crippen molar-refractivity contribution < 1.29 is 14.0 Å². The third kappa shape index (κ3) is 3.69. The first kappa shape index (κ1) is 15.7. The van der Waals surface area contributed by atoms with Crippen LogP contribution in [0.25, 0.3) is 6.08 Å². The van der Waals surface area contributed by atoms with E-state index in [9.17, 15) is 9.59 Å². The van der Waals surface area contributed by atoms with E-state index in [1.807, 2.05) is 13.8 Å². The maximum atomic E-state index is 12.4. The summed E-state index contributed by atoms with van der Waals surface area (Å²) in [6.07, 6.45) is 4.64. The number of furan rings is 1. The largest absolute Gasteiger partial charge is 0.465 e. The monoisotopic (exact) mass is 308 g/mol. The summed E-state index contributed by atoms with van der Waals surface area (Å²) in [5, 5.41) is 0. The molecule has 0 aromatic carbocycles. The van der Waals surface area contributed by atoms with Gasteiger partial charge in [-0.15, -0.1) is 11.8 Å². The molecule has 0 N–H and O–H groups in total. The number of thioether (sulfide) groups is 1. The Kier molecular flexibility index (Phi) is 5.12. The Hall–Kier alpha value is -1.69. The first-order valence-electron chi connectivity index (χ1n) is 6.87. The van der Waals surface area contributed by atoms with Crippen LogP contribution in [0.5, 0.6) is 0 Å². The zero-order valence-corrected chi connectivity index (χ0v) is 13.3. The summed E-state index contributed by atoms with van der Waals surface area (Å²) in [5.41, 5.74) is 0. The number of amides is 2.